The average molecular weight is 730 g/mol. The van der Waals surface area contributed by atoms with Gasteiger partial charge < -0.3 is 40.0 Å². The second kappa shape index (κ2) is 36.2. The SMILES string of the molecule is C.CC(=O)NCc1ccccc1.CC(=O)O.CC(=O)OC(=O)OCC(C)C.CC(C)COC(=O)Cl.CN1CCOCC1.NCc1ccccc1. The molecular weight excluding hydrogens is 670 g/mol. The summed E-state index contributed by atoms with van der Waals surface area (Å²) >= 11 is 4.86. The van der Waals surface area contributed by atoms with Crippen LogP contribution in [0.25, 0.3) is 0 Å². The first-order valence-electron chi connectivity index (χ1n) is 15.7. The Balaban J connectivity index is -0.000000258. The minimum atomic E-state index is -0.925. The van der Waals surface area contributed by atoms with Crippen LogP contribution in [0.2, 0.25) is 0 Å². The highest BCUT2D eigenvalue weighted by Crippen LogP contribution is 1.97. The molecule has 0 unspecified atom stereocenters. The maximum atomic E-state index is 10.5. The van der Waals surface area contributed by atoms with E-state index in [0.29, 0.717) is 25.6 Å². The van der Waals surface area contributed by atoms with E-state index in [1.165, 1.54) is 12.5 Å². The summed E-state index contributed by atoms with van der Waals surface area (Å²) in [4.78, 5) is 52.3. The number of benzene rings is 2. The molecule has 0 saturated carbocycles. The first-order valence-corrected chi connectivity index (χ1v) is 16.0. The third kappa shape index (κ3) is 48.4. The predicted molar refractivity (Wildman–Crippen MR) is 197 cm³/mol. The lowest BCUT2D eigenvalue weighted by Crippen LogP contribution is -2.32. The van der Waals surface area contributed by atoms with Crippen molar-refractivity contribution in [1.82, 2.24) is 10.2 Å². The highest BCUT2D eigenvalue weighted by atomic mass is 35.5. The van der Waals surface area contributed by atoms with Crippen LogP contribution in [-0.4, -0.2) is 86.0 Å². The van der Waals surface area contributed by atoms with Crippen molar-refractivity contribution in [2.75, 3.05) is 46.6 Å². The summed E-state index contributed by atoms with van der Waals surface area (Å²) in [6.45, 7) is 17.4. The Labute approximate surface area is 303 Å². The van der Waals surface area contributed by atoms with E-state index in [1.807, 2.05) is 88.4 Å². The van der Waals surface area contributed by atoms with Crippen molar-refractivity contribution < 1.29 is 48.0 Å². The van der Waals surface area contributed by atoms with E-state index < -0.39 is 23.5 Å². The second-order valence-electron chi connectivity index (χ2n) is 11.0. The van der Waals surface area contributed by atoms with Gasteiger partial charge in [0, 0.05) is 58.6 Å². The Morgan fingerprint density at radius 3 is 1.54 bits per heavy atom. The van der Waals surface area contributed by atoms with Crippen LogP contribution in [0.4, 0.5) is 9.59 Å². The van der Waals surface area contributed by atoms with Crippen LogP contribution >= 0.6 is 11.6 Å². The number of carbonyl (C=O) groups excluding carboxylic acids is 4. The molecule has 0 atom stereocenters. The number of carbonyl (C=O) groups is 5. The lowest BCUT2D eigenvalue weighted by molar-refractivity contribution is -0.137. The molecule has 1 heterocycles. The van der Waals surface area contributed by atoms with Gasteiger partial charge in [0.1, 0.15) is 0 Å². The van der Waals surface area contributed by atoms with E-state index in [9.17, 15) is 19.2 Å². The van der Waals surface area contributed by atoms with Gasteiger partial charge >= 0.3 is 17.6 Å². The minimum Gasteiger partial charge on any atom is -0.481 e. The number of rotatable bonds is 7. The molecule has 0 aliphatic carbocycles. The molecule has 2 aromatic carbocycles. The number of amides is 1. The largest absolute Gasteiger partial charge is 0.516 e. The average Bonchev–Trinajstić information content (AvgIpc) is 3.04. The van der Waals surface area contributed by atoms with E-state index >= 15 is 0 Å². The van der Waals surface area contributed by atoms with Crippen LogP contribution in [0.15, 0.2) is 60.7 Å². The first kappa shape index (κ1) is 52.8. The number of hydrogen-bond acceptors (Lipinski definition) is 11. The molecule has 50 heavy (non-hydrogen) atoms. The summed E-state index contributed by atoms with van der Waals surface area (Å²) in [6.07, 6.45) is -0.925. The van der Waals surface area contributed by atoms with Crippen LogP contribution in [0.5, 0.6) is 0 Å². The van der Waals surface area contributed by atoms with Crippen molar-refractivity contribution in [2.45, 2.75) is 69.0 Å². The van der Waals surface area contributed by atoms with Crippen molar-refractivity contribution in [3.8, 4) is 0 Å². The lowest BCUT2D eigenvalue weighted by Gasteiger charge is -2.21. The molecule has 286 valence electrons. The number of carboxylic acids is 1. The van der Waals surface area contributed by atoms with Gasteiger partial charge in [-0.25, -0.2) is 9.59 Å². The molecule has 1 fully saturated rings. The van der Waals surface area contributed by atoms with Gasteiger partial charge in [0.05, 0.1) is 26.4 Å². The Bertz CT molecular complexity index is 1130. The molecule has 14 heteroatoms. The third-order valence-electron chi connectivity index (χ3n) is 4.99. The van der Waals surface area contributed by atoms with Crippen molar-refractivity contribution in [3.63, 3.8) is 0 Å². The molecule has 13 nitrogen and oxygen atoms in total. The summed E-state index contributed by atoms with van der Waals surface area (Å²) in [6, 6.07) is 19.8. The van der Waals surface area contributed by atoms with Crippen LogP contribution in [-0.2, 0) is 46.4 Å². The molecule has 1 saturated heterocycles. The molecule has 0 bridgehead atoms. The molecular formula is C36H60ClN3O10. The zero-order valence-electron chi connectivity index (χ0n) is 30.1. The van der Waals surface area contributed by atoms with Gasteiger partial charge in [-0.3, -0.25) is 14.4 Å². The van der Waals surface area contributed by atoms with Gasteiger partial charge in [0.15, 0.2) is 0 Å². The fourth-order valence-electron chi connectivity index (χ4n) is 2.70. The molecule has 0 spiro atoms. The first-order chi connectivity index (χ1) is 23.0. The summed E-state index contributed by atoms with van der Waals surface area (Å²) in [5.74, 6) is -0.875. The van der Waals surface area contributed by atoms with Crippen LogP contribution < -0.4 is 11.1 Å². The Morgan fingerprint density at radius 2 is 1.26 bits per heavy atom. The summed E-state index contributed by atoms with van der Waals surface area (Å²) in [5.41, 5.74) is 6.94. The summed E-state index contributed by atoms with van der Waals surface area (Å²) in [5, 5.41) is 10.1. The van der Waals surface area contributed by atoms with E-state index in [4.69, 9.17) is 32.0 Å². The monoisotopic (exact) mass is 729 g/mol. The maximum absolute atomic E-state index is 10.5. The Morgan fingerprint density at radius 1 is 0.840 bits per heavy atom. The molecule has 1 amide bonds. The number of nitrogens with zero attached hydrogens (tertiary/aromatic N) is 1. The van der Waals surface area contributed by atoms with Crippen molar-refractivity contribution in [1.29, 1.82) is 0 Å². The van der Waals surface area contributed by atoms with Crippen LogP contribution in [0.1, 0.15) is 67.0 Å². The molecule has 0 radical (unpaired) electrons. The molecule has 1 aliphatic rings. The normalized spacial score (nSPS) is 11.1. The van der Waals surface area contributed by atoms with Crippen molar-refractivity contribution in [2.24, 2.45) is 17.6 Å². The number of aliphatic carboxylic acids is 1. The van der Waals surface area contributed by atoms with Gasteiger partial charge in [-0.15, -0.1) is 0 Å². The van der Waals surface area contributed by atoms with Gasteiger partial charge in [-0.1, -0.05) is 95.8 Å². The number of hydrogen-bond donors (Lipinski definition) is 3. The highest BCUT2D eigenvalue weighted by Gasteiger charge is 2.07. The second-order valence-corrected chi connectivity index (χ2v) is 11.3. The van der Waals surface area contributed by atoms with Crippen LogP contribution in [0.3, 0.4) is 0 Å². The number of nitrogens with one attached hydrogen (secondary N) is 1. The fourth-order valence-corrected chi connectivity index (χ4v) is 2.77. The summed E-state index contributed by atoms with van der Waals surface area (Å²) in [7, 11) is 2.11. The molecule has 4 N–H and O–H groups in total. The van der Waals surface area contributed by atoms with Crippen LogP contribution in [0, 0.1) is 11.8 Å². The molecule has 3 rings (SSSR count). The van der Waals surface area contributed by atoms with Gasteiger partial charge in [-0.2, -0.15) is 0 Å². The number of ether oxygens (including phenoxy) is 4. The lowest BCUT2D eigenvalue weighted by atomic mass is 10.2. The van der Waals surface area contributed by atoms with Gasteiger partial charge in [0.2, 0.25) is 5.91 Å². The summed E-state index contributed by atoms with van der Waals surface area (Å²) < 4.78 is 18.2. The topological polar surface area (TPSA) is 184 Å². The quantitative estimate of drug-likeness (QED) is 0.160. The predicted octanol–water partition coefficient (Wildman–Crippen LogP) is 6.50. The Kier molecular flexibility index (Phi) is 38.3. The van der Waals surface area contributed by atoms with E-state index in [-0.39, 0.29) is 25.9 Å². The minimum absolute atomic E-state index is 0. The Hall–Kier alpha value is -4.04. The number of carboxylic acid groups (broad SMARTS) is 1. The zero-order chi connectivity index (χ0) is 38.0. The van der Waals surface area contributed by atoms with E-state index in [2.05, 4.69) is 31.5 Å². The zero-order valence-corrected chi connectivity index (χ0v) is 30.9. The smallest absolute Gasteiger partial charge is 0.481 e. The number of halogens is 1. The van der Waals surface area contributed by atoms with E-state index in [0.717, 1.165) is 45.7 Å². The number of likely N-dealkylation sites (N-methyl/N-ethyl adjacent to an activating group) is 1. The number of nitrogens with two attached hydrogens (primary N) is 1. The highest BCUT2D eigenvalue weighted by molar-refractivity contribution is 6.61. The molecule has 0 aromatic heterocycles. The number of morpholine rings is 1. The third-order valence-corrected chi connectivity index (χ3v) is 5.10. The molecule has 2 aromatic rings. The van der Waals surface area contributed by atoms with Gasteiger partial charge in [-0.05, 0) is 30.0 Å². The molecule has 1 aliphatic heterocycles. The standard InChI is InChI=1S/C9H11NO.C7H9N.C7H12O4.C5H9ClO2.C5H11NO.C2H4O2.CH4/c1-8(11)10-7-9-5-3-2-4-6-9;8-6-7-4-2-1-3-5-7;1-5(2)4-10-7(9)11-6(3)8;1-4(2)3-8-5(6)7;1-6-2-4-7-5-3-6;1-2(3)4;/h2-6H,7H2,1H3,(H,10,11);1-5H,6,8H2;5H,4H2,1-3H3;4H,3H2,1-2H3;2-5H2,1H3;1H3,(H,3,4);1H4. The van der Waals surface area contributed by atoms with Gasteiger partial charge in [0.25, 0.3) is 5.97 Å². The number of esters is 1. The van der Waals surface area contributed by atoms with Crippen molar-refractivity contribution >= 4 is 41.0 Å². The van der Waals surface area contributed by atoms with Crippen molar-refractivity contribution in [3.05, 3.63) is 71.8 Å². The fraction of sp³-hybridized carbons (Fsp3) is 0.528. The van der Waals surface area contributed by atoms with E-state index in [1.54, 1.807) is 0 Å². The maximum Gasteiger partial charge on any atom is 0.516 e.